The van der Waals surface area contributed by atoms with E-state index in [1.165, 1.54) is 12.1 Å². The maximum Gasteiger partial charge on any atom is 0.266 e. The zero-order chi connectivity index (χ0) is 17.2. The second kappa shape index (κ2) is 6.48. The van der Waals surface area contributed by atoms with Gasteiger partial charge in [-0.1, -0.05) is 12.1 Å². The van der Waals surface area contributed by atoms with Gasteiger partial charge in [0, 0.05) is 6.20 Å². The van der Waals surface area contributed by atoms with E-state index >= 15 is 0 Å². The number of aromatic nitrogens is 1. The number of ether oxygens (including phenoxy) is 2. The summed E-state index contributed by atoms with van der Waals surface area (Å²) in [5, 5.41) is 2.62. The van der Waals surface area contributed by atoms with Crippen LogP contribution in [0.4, 0.5) is 5.69 Å². The van der Waals surface area contributed by atoms with E-state index in [0.717, 1.165) is 0 Å². The molecule has 1 aliphatic rings. The Morgan fingerprint density at radius 2 is 2.12 bits per heavy atom. The molecule has 24 heavy (non-hydrogen) atoms. The zero-order valence-corrected chi connectivity index (χ0v) is 13.7. The Labute approximate surface area is 139 Å². The van der Waals surface area contributed by atoms with Gasteiger partial charge in [0.15, 0.2) is 15.9 Å². The molecular weight excluding hydrogens is 332 g/mol. The molecule has 0 radical (unpaired) electrons. The average Bonchev–Trinajstić information content (AvgIpc) is 2.56. The molecule has 126 valence electrons. The van der Waals surface area contributed by atoms with Crippen LogP contribution < -0.4 is 14.8 Å². The van der Waals surface area contributed by atoms with E-state index in [4.69, 9.17) is 9.47 Å². The van der Waals surface area contributed by atoms with Gasteiger partial charge in [-0.25, -0.2) is 13.4 Å². The van der Waals surface area contributed by atoms with E-state index in [0.29, 0.717) is 12.3 Å². The highest BCUT2D eigenvalue weighted by Crippen LogP contribution is 2.31. The molecule has 8 heteroatoms. The molecule has 0 saturated carbocycles. The molecule has 1 atom stereocenters. The molecule has 1 unspecified atom stereocenters. The minimum absolute atomic E-state index is 0.102. The molecule has 0 spiro atoms. The molecule has 1 aliphatic heterocycles. The number of amides is 1. The molecule has 7 nitrogen and oxygen atoms in total. The summed E-state index contributed by atoms with van der Waals surface area (Å²) < 4.78 is 35.5. The fourth-order valence-electron chi connectivity index (χ4n) is 2.36. The topological polar surface area (TPSA) is 94.6 Å². The zero-order valence-electron chi connectivity index (χ0n) is 12.9. The van der Waals surface area contributed by atoms with E-state index < -0.39 is 27.6 Å². The first-order valence-corrected chi connectivity index (χ1v) is 9.03. The highest BCUT2D eigenvalue weighted by Gasteiger charge is 2.36. The molecule has 2 aromatic rings. The Kier molecular flexibility index (Phi) is 4.39. The van der Waals surface area contributed by atoms with Crippen molar-refractivity contribution in [3.8, 4) is 11.6 Å². The molecule has 3 rings (SSSR count). The van der Waals surface area contributed by atoms with Crippen molar-refractivity contribution in [2.45, 2.75) is 17.9 Å². The van der Waals surface area contributed by atoms with Gasteiger partial charge in [-0.3, -0.25) is 4.79 Å². The van der Waals surface area contributed by atoms with Gasteiger partial charge >= 0.3 is 0 Å². The van der Waals surface area contributed by atoms with Crippen molar-refractivity contribution < 1.29 is 22.7 Å². The van der Waals surface area contributed by atoms with Gasteiger partial charge in [0.1, 0.15) is 22.1 Å². The van der Waals surface area contributed by atoms with Crippen molar-refractivity contribution in [3.05, 3.63) is 42.6 Å². The number of hydrogen-bond acceptors (Lipinski definition) is 6. The number of nitrogens with zero attached hydrogens (tertiary/aromatic N) is 1. The Morgan fingerprint density at radius 3 is 2.92 bits per heavy atom. The minimum atomic E-state index is -3.58. The van der Waals surface area contributed by atoms with Crippen LogP contribution in [0.2, 0.25) is 0 Å². The maximum absolute atomic E-state index is 12.4. The normalized spacial score (nSPS) is 18.1. The first kappa shape index (κ1) is 16.3. The quantitative estimate of drug-likeness (QED) is 0.903. The molecule has 0 fully saturated rings. The van der Waals surface area contributed by atoms with Crippen LogP contribution in [0.15, 0.2) is 47.5 Å². The lowest BCUT2D eigenvalue weighted by molar-refractivity contribution is -0.122. The van der Waals surface area contributed by atoms with Gasteiger partial charge in [-0.2, -0.15) is 0 Å². The van der Waals surface area contributed by atoms with Crippen LogP contribution >= 0.6 is 0 Å². The third-order valence-corrected chi connectivity index (χ3v) is 5.18. The minimum Gasteiger partial charge on any atom is -0.478 e. The Hall–Kier alpha value is -2.61. The van der Waals surface area contributed by atoms with Crippen molar-refractivity contribution >= 4 is 21.4 Å². The summed E-state index contributed by atoms with van der Waals surface area (Å²) >= 11 is 0. The highest BCUT2D eigenvalue weighted by molar-refractivity contribution is 7.91. The lowest BCUT2D eigenvalue weighted by atomic mass is 10.3. The molecule has 0 saturated heterocycles. The monoisotopic (exact) mass is 348 g/mol. The van der Waals surface area contributed by atoms with E-state index in [2.05, 4.69) is 10.3 Å². The fourth-order valence-corrected chi connectivity index (χ4v) is 3.87. The summed E-state index contributed by atoms with van der Waals surface area (Å²) in [5.74, 6) is -0.533. The molecule has 0 aliphatic carbocycles. The first-order valence-electron chi connectivity index (χ1n) is 7.38. The van der Waals surface area contributed by atoms with Crippen LogP contribution in [-0.4, -0.2) is 37.8 Å². The van der Waals surface area contributed by atoms with E-state index in [1.54, 1.807) is 37.4 Å². The number of pyridine rings is 1. The lowest BCUT2D eigenvalue weighted by Gasteiger charge is -2.25. The number of fused-ring (bicyclic) bond motifs is 1. The largest absolute Gasteiger partial charge is 0.478 e. The first-order chi connectivity index (χ1) is 11.5. The SMILES string of the molecule is CCOc1ncccc1NC(=O)C1CS(=O)(=O)c2ccccc2O1. The molecule has 1 aromatic heterocycles. The Morgan fingerprint density at radius 1 is 1.33 bits per heavy atom. The second-order valence-corrected chi connectivity index (χ2v) is 7.12. The van der Waals surface area contributed by atoms with Crippen molar-refractivity contribution in [3.63, 3.8) is 0 Å². The highest BCUT2D eigenvalue weighted by atomic mass is 32.2. The molecule has 1 aromatic carbocycles. The van der Waals surface area contributed by atoms with E-state index in [9.17, 15) is 13.2 Å². The van der Waals surface area contributed by atoms with Crippen LogP contribution in [-0.2, 0) is 14.6 Å². The molecule has 0 bridgehead atoms. The lowest BCUT2D eigenvalue weighted by Crippen LogP contribution is -2.41. The van der Waals surface area contributed by atoms with Gasteiger partial charge in [0.2, 0.25) is 5.88 Å². The van der Waals surface area contributed by atoms with Gasteiger partial charge in [-0.05, 0) is 31.2 Å². The molecular formula is C16H16N2O5S. The van der Waals surface area contributed by atoms with Crippen LogP contribution in [0, 0.1) is 0 Å². The van der Waals surface area contributed by atoms with Crippen LogP contribution in [0.3, 0.4) is 0 Å². The smallest absolute Gasteiger partial charge is 0.266 e. The van der Waals surface area contributed by atoms with Gasteiger partial charge < -0.3 is 14.8 Å². The number of carbonyl (C=O) groups is 1. The van der Waals surface area contributed by atoms with E-state index in [1.807, 2.05) is 0 Å². The van der Waals surface area contributed by atoms with Gasteiger partial charge in [-0.15, -0.1) is 0 Å². The van der Waals surface area contributed by atoms with Crippen molar-refractivity contribution in [2.24, 2.45) is 0 Å². The van der Waals surface area contributed by atoms with Gasteiger partial charge in [0.25, 0.3) is 5.91 Å². The molecule has 1 amide bonds. The summed E-state index contributed by atoms with van der Waals surface area (Å²) in [7, 11) is -3.58. The third-order valence-electron chi connectivity index (χ3n) is 3.43. The number of rotatable bonds is 4. The Bertz CT molecular complexity index is 866. The summed E-state index contributed by atoms with van der Waals surface area (Å²) in [5.41, 5.74) is 0.365. The van der Waals surface area contributed by atoms with E-state index in [-0.39, 0.29) is 16.5 Å². The summed E-state index contributed by atoms with van der Waals surface area (Å²) in [6.07, 6.45) is 0.401. The predicted molar refractivity (Wildman–Crippen MR) is 86.9 cm³/mol. The van der Waals surface area contributed by atoms with Gasteiger partial charge in [0.05, 0.1) is 6.61 Å². The Balaban J connectivity index is 1.83. The number of nitrogens with one attached hydrogen (secondary N) is 1. The fraction of sp³-hybridized carbons (Fsp3) is 0.250. The summed E-state index contributed by atoms with van der Waals surface area (Å²) in [6, 6.07) is 9.54. The number of anilines is 1. The van der Waals surface area contributed by atoms with Crippen molar-refractivity contribution in [1.29, 1.82) is 0 Å². The van der Waals surface area contributed by atoms with Crippen molar-refractivity contribution in [2.75, 3.05) is 17.7 Å². The molecule has 2 heterocycles. The standard InChI is InChI=1S/C16H16N2O5S/c1-2-22-16-11(6-5-9-17-16)18-15(19)13-10-24(20,21)14-8-4-3-7-12(14)23-13/h3-9,13H,2,10H2,1H3,(H,18,19). The maximum atomic E-state index is 12.4. The summed E-state index contributed by atoms with van der Waals surface area (Å²) in [4.78, 5) is 16.6. The number of carbonyl (C=O) groups excluding carboxylic acids is 1. The van der Waals surface area contributed by atoms with Crippen LogP contribution in [0.25, 0.3) is 0 Å². The molecule has 1 N–H and O–H groups in total. The number of benzene rings is 1. The predicted octanol–water partition coefficient (Wildman–Crippen LogP) is 1.65. The van der Waals surface area contributed by atoms with Crippen LogP contribution in [0.1, 0.15) is 6.92 Å². The average molecular weight is 348 g/mol. The number of para-hydroxylation sites is 1. The van der Waals surface area contributed by atoms with Crippen LogP contribution in [0.5, 0.6) is 11.6 Å². The summed E-state index contributed by atoms with van der Waals surface area (Å²) in [6.45, 7) is 2.19. The number of hydrogen-bond donors (Lipinski definition) is 1. The van der Waals surface area contributed by atoms with Crippen molar-refractivity contribution in [1.82, 2.24) is 4.98 Å². The third kappa shape index (κ3) is 3.18. The second-order valence-electron chi connectivity index (χ2n) is 5.11. The number of sulfone groups is 1.